The summed E-state index contributed by atoms with van der Waals surface area (Å²) in [5, 5.41) is 18.2. The molecule has 2 N–H and O–H groups in total. The fourth-order valence-electron chi connectivity index (χ4n) is 1.73. The molecule has 2 rings (SSSR count). The van der Waals surface area contributed by atoms with Crippen LogP contribution in [0.1, 0.15) is 20.7 Å². The van der Waals surface area contributed by atoms with Crippen LogP contribution < -0.4 is 0 Å². The van der Waals surface area contributed by atoms with Crippen LogP contribution in [0.5, 0.6) is 0 Å². The normalized spacial score (nSPS) is 9.95. The van der Waals surface area contributed by atoms with E-state index in [0.717, 1.165) is 0 Å². The fraction of sp³-hybridized carbons (Fsp3) is 0. The Kier molecular flexibility index (Phi) is 5.83. The molecule has 1 radical (unpaired) electrons. The number of carbonyl (C=O) groups is 2. The number of hydrogen-bond donors (Lipinski definition) is 2. The van der Waals surface area contributed by atoms with Gasteiger partial charge in [-0.05, 0) is 24.3 Å². The maximum atomic E-state index is 12.5. The minimum absolute atomic E-state index is 0. The molecule has 0 aromatic heterocycles. The molecule has 0 aliphatic rings. The van der Waals surface area contributed by atoms with E-state index in [0.29, 0.717) is 0 Å². The molecular formula is C14H10CoO5S. The molecule has 0 aliphatic carbocycles. The van der Waals surface area contributed by atoms with Gasteiger partial charge in [-0.25, -0.2) is 13.8 Å². The van der Waals surface area contributed by atoms with Crippen molar-refractivity contribution in [1.29, 1.82) is 0 Å². The summed E-state index contributed by atoms with van der Waals surface area (Å²) in [5.41, 5.74) is -0.211. The van der Waals surface area contributed by atoms with Gasteiger partial charge in [-0.1, -0.05) is 24.3 Å². The van der Waals surface area contributed by atoms with Crippen LogP contribution >= 0.6 is 0 Å². The fourth-order valence-corrected chi connectivity index (χ4v) is 3.08. The van der Waals surface area contributed by atoms with E-state index in [1.807, 2.05) is 0 Å². The summed E-state index contributed by atoms with van der Waals surface area (Å²) >= 11 is 0. The van der Waals surface area contributed by atoms with E-state index in [2.05, 4.69) is 0 Å². The summed E-state index contributed by atoms with van der Waals surface area (Å²) in [6.07, 6.45) is 0. The van der Waals surface area contributed by atoms with Crippen LogP contribution in [-0.2, 0) is 27.6 Å². The summed E-state index contributed by atoms with van der Waals surface area (Å²) in [6.45, 7) is 0. The number of hydrogen-bond acceptors (Lipinski definition) is 3. The Hall–Kier alpha value is -1.96. The third kappa shape index (κ3) is 3.57. The zero-order valence-corrected chi connectivity index (χ0v) is 12.3. The van der Waals surface area contributed by atoms with E-state index < -0.39 is 22.7 Å². The van der Waals surface area contributed by atoms with Crippen LogP contribution in [0.3, 0.4) is 0 Å². The molecule has 7 heteroatoms. The molecule has 0 saturated heterocycles. The van der Waals surface area contributed by atoms with Gasteiger partial charge in [0.15, 0.2) is 0 Å². The molecule has 111 valence electrons. The zero-order valence-electron chi connectivity index (χ0n) is 10.5. The van der Waals surface area contributed by atoms with Gasteiger partial charge >= 0.3 is 11.9 Å². The predicted octanol–water partition coefficient (Wildman–Crippen LogP) is 2.25. The van der Waals surface area contributed by atoms with Crippen molar-refractivity contribution in [2.24, 2.45) is 0 Å². The summed E-state index contributed by atoms with van der Waals surface area (Å²) in [5.74, 6) is -2.41. The van der Waals surface area contributed by atoms with Crippen molar-refractivity contribution < 1.29 is 40.8 Å². The van der Waals surface area contributed by atoms with Crippen molar-refractivity contribution in [2.45, 2.75) is 9.79 Å². The molecule has 21 heavy (non-hydrogen) atoms. The van der Waals surface area contributed by atoms with Crippen molar-refractivity contribution in [3.63, 3.8) is 0 Å². The third-order valence-electron chi connectivity index (χ3n) is 2.63. The molecule has 0 spiro atoms. The standard InChI is InChI=1S/C14H10O5S.Co/c15-13(16)9-5-1-3-7-11(9)20(19)12-8-4-2-6-10(12)14(17)18;/h1-8H,(H,15,16)(H,17,18);. The monoisotopic (exact) mass is 349 g/mol. The van der Waals surface area contributed by atoms with E-state index in [1.54, 1.807) is 12.1 Å². The summed E-state index contributed by atoms with van der Waals surface area (Å²) < 4.78 is 12.5. The number of rotatable bonds is 4. The predicted molar refractivity (Wildman–Crippen MR) is 71.5 cm³/mol. The van der Waals surface area contributed by atoms with Crippen molar-refractivity contribution in [3.8, 4) is 0 Å². The van der Waals surface area contributed by atoms with Crippen LogP contribution in [0.25, 0.3) is 0 Å². The first-order valence-electron chi connectivity index (χ1n) is 5.59. The van der Waals surface area contributed by atoms with E-state index in [9.17, 15) is 13.8 Å². The van der Waals surface area contributed by atoms with Gasteiger partial charge in [0.25, 0.3) is 0 Å². The van der Waals surface area contributed by atoms with Crippen LogP contribution in [0.4, 0.5) is 0 Å². The molecule has 2 aromatic carbocycles. The largest absolute Gasteiger partial charge is 0.478 e. The Morgan fingerprint density at radius 1 is 0.762 bits per heavy atom. The van der Waals surface area contributed by atoms with Gasteiger partial charge in [-0.15, -0.1) is 0 Å². The number of aromatic carboxylic acids is 2. The quantitative estimate of drug-likeness (QED) is 0.883. The van der Waals surface area contributed by atoms with Gasteiger partial charge < -0.3 is 10.2 Å². The average Bonchev–Trinajstić information content (AvgIpc) is 2.46. The first-order chi connectivity index (χ1) is 9.52. The molecule has 0 fully saturated rings. The van der Waals surface area contributed by atoms with Crippen LogP contribution in [0, 0.1) is 0 Å². The maximum absolute atomic E-state index is 12.5. The molecular weight excluding hydrogens is 339 g/mol. The minimum atomic E-state index is -1.87. The van der Waals surface area contributed by atoms with Crippen molar-refractivity contribution in [1.82, 2.24) is 0 Å². The molecule has 5 nitrogen and oxygen atoms in total. The van der Waals surface area contributed by atoms with Crippen molar-refractivity contribution >= 4 is 22.7 Å². The summed E-state index contributed by atoms with van der Waals surface area (Å²) in [6, 6.07) is 11.7. The Labute approximate surface area is 133 Å². The number of carboxylic acid groups (broad SMARTS) is 2. The Morgan fingerprint density at radius 3 is 1.43 bits per heavy atom. The molecule has 2 aromatic rings. The first kappa shape index (κ1) is 17.1. The second-order valence-electron chi connectivity index (χ2n) is 3.87. The van der Waals surface area contributed by atoms with E-state index >= 15 is 0 Å². The second-order valence-corrected chi connectivity index (χ2v) is 5.29. The molecule has 0 saturated carbocycles. The van der Waals surface area contributed by atoms with Gasteiger partial charge in [0.2, 0.25) is 0 Å². The molecule has 0 amide bonds. The molecule has 0 unspecified atom stereocenters. The van der Waals surface area contributed by atoms with Gasteiger partial charge in [-0.2, -0.15) is 0 Å². The Balaban J connectivity index is 0.00000220. The van der Waals surface area contributed by atoms with Gasteiger partial charge in [0, 0.05) is 16.8 Å². The molecule has 0 bridgehead atoms. The molecule has 0 heterocycles. The van der Waals surface area contributed by atoms with Crippen molar-refractivity contribution in [3.05, 3.63) is 59.7 Å². The summed E-state index contributed by atoms with van der Waals surface area (Å²) in [7, 11) is -1.87. The van der Waals surface area contributed by atoms with Crippen LogP contribution in [0.2, 0.25) is 0 Å². The van der Waals surface area contributed by atoms with Crippen LogP contribution in [-0.4, -0.2) is 26.4 Å². The maximum Gasteiger partial charge on any atom is 0.336 e. The van der Waals surface area contributed by atoms with Crippen molar-refractivity contribution in [2.75, 3.05) is 0 Å². The third-order valence-corrected chi connectivity index (χ3v) is 4.15. The average molecular weight is 349 g/mol. The Bertz CT molecular complexity index is 655. The van der Waals surface area contributed by atoms with Gasteiger partial charge in [0.1, 0.15) is 0 Å². The zero-order chi connectivity index (χ0) is 14.7. The Morgan fingerprint density at radius 2 is 1.10 bits per heavy atom. The summed E-state index contributed by atoms with van der Waals surface area (Å²) in [4.78, 5) is 22.4. The second kappa shape index (κ2) is 7.16. The molecule has 0 aliphatic heterocycles. The van der Waals surface area contributed by atoms with Gasteiger partial charge in [0.05, 0.1) is 31.7 Å². The molecule has 0 atom stereocenters. The number of benzene rings is 2. The van der Waals surface area contributed by atoms with E-state index in [4.69, 9.17) is 10.2 Å². The van der Waals surface area contributed by atoms with Gasteiger partial charge in [-0.3, -0.25) is 0 Å². The first-order valence-corrected chi connectivity index (χ1v) is 6.73. The smallest absolute Gasteiger partial charge is 0.336 e. The minimum Gasteiger partial charge on any atom is -0.478 e. The number of carboxylic acids is 2. The topological polar surface area (TPSA) is 91.7 Å². The van der Waals surface area contributed by atoms with E-state index in [1.165, 1.54) is 36.4 Å². The SMILES string of the molecule is O=C(O)c1ccccc1S(=O)c1ccccc1C(=O)O.[Co]. The van der Waals surface area contributed by atoms with E-state index in [-0.39, 0.29) is 37.7 Å². The van der Waals surface area contributed by atoms with Crippen LogP contribution in [0.15, 0.2) is 58.3 Å².